The molecular formula is C54H59N7O6S2. The van der Waals surface area contributed by atoms with Crippen LogP contribution in [0.2, 0.25) is 0 Å². The second-order valence-corrected chi connectivity index (χ2v) is 20.3. The Labute approximate surface area is 409 Å². The Morgan fingerprint density at radius 1 is 0.957 bits per heavy atom. The van der Waals surface area contributed by atoms with E-state index >= 15 is 0 Å². The van der Waals surface area contributed by atoms with E-state index in [-0.39, 0.29) is 28.3 Å². The molecule has 7 aromatic rings. The Morgan fingerprint density at radius 2 is 1.68 bits per heavy atom. The van der Waals surface area contributed by atoms with Crippen molar-refractivity contribution in [3.05, 3.63) is 159 Å². The number of ether oxygens (including phenoxy) is 1. The number of fused-ring (bicyclic) bond motifs is 2. The molecule has 2 atom stereocenters. The topological polar surface area (TPSA) is 163 Å². The number of likely N-dealkylation sites (tertiary alicyclic amines) is 1. The van der Waals surface area contributed by atoms with Crippen LogP contribution in [0.5, 0.6) is 5.75 Å². The number of piperidine rings is 1. The number of pyridine rings is 1. The summed E-state index contributed by atoms with van der Waals surface area (Å²) in [5.41, 5.74) is 5.29. The third-order valence-electron chi connectivity index (χ3n) is 12.8. The van der Waals surface area contributed by atoms with Gasteiger partial charge in [-0.05, 0) is 149 Å². The third-order valence-corrected chi connectivity index (χ3v) is 15.6. The van der Waals surface area contributed by atoms with Gasteiger partial charge in [0, 0.05) is 62.3 Å². The van der Waals surface area contributed by atoms with Gasteiger partial charge in [0.25, 0.3) is 11.6 Å². The molecule has 0 aliphatic carbocycles. The van der Waals surface area contributed by atoms with E-state index in [1.807, 2.05) is 130 Å². The molecule has 0 bridgehead atoms. The van der Waals surface area contributed by atoms with E-state index in [0.29, 0.717) is 58.4 Å². The zero-order valence-corrected chi connectivity index (χ0v) is 41.1. The van der Waals surface area contributed by atoms with E-state index in [0.717, 1.165) is 82.8 Å². The predicted molar refractivity (Wildman–Crippen MR) is 281 cm³/mol. The SMILES string of the molecule is C/C=S(/NC(=O)c1cc(C)c(-c2cccc3c(CCCOc4cccc5ccccc45)c(C(=O)O)nn23)c(C)c1)c1ccc(N[C@H](CCN2CCC(NC)CC2)CSc2ccccc2)c([N+](=O)[O-])c1. The highest BCUT2D eigenvalue weighted by molar-refractivity contribution is 8.13. The molecule has 0 radical (unpaired) electrons. The zero-order valence-electron chi connectivity index (χ0n) is 39.4. The fourth-order valence-electron chi connectivity index (χ4n) is 9.23. The number of aryl methyl sites for hydroxylation is 3. The number of aromatic nitrogens is 2. The molecule has 1 unspecified atom stereocenters. The number of amides is 1. The summed E-state index contributed by atoms with van der Waals surface area (Å²) in [6, 6.07) is 39.2. The Morgan fingerprint density at radius 3 is 2.41 bits per heavy atom. The van der Waals surface area contributed by atoms with Crippen molar-refractivity contribution in [3.63, 3.8) is 0 Å². The largest absolute Gasteiger partial charge is 0.493 e. The number of hydrogen-bond acceptors (Lipinski definition) is 10. The molecule has 1 aliphatic heterocycles. The number of nitrogens with zero attached hydrogens (tertiary/aromatic N) is 4. The lowest BCUT2D eigenvalue weighted by Crippen LogP contribution is -2.42. The number of aromatic carboxylic acids is 1. The van der Waals surface area contributed by atoms with Gasteiger partial charge in [0.15, 0.2) is 5.69 Å². The molecule has 13 nitrogen and oxygen atoms in total. The number of thioether (sulfide) groups is 1. The number of carboxylic acids is 1. The van der Waals surface area contributed by atoms with E-state index in [2.05, 4.69) is 37.5 Å². The van der Waals surface area contributed by atoms with E-state index in [1.54, 1.807) is 28.4 Å². The number of nitro groups is 1. The zero-order chi connectivity index (χ0) is 48.4. The summed E-state index contributed by atoms with van der Waals surface area (Å²) in [5.74, 6) is 0.0890. The molecule has 15 heteroatoms. The van der Waals surface area contributed by atoms with Gasteiger partial charge in [0.2, 0.25) is 0 Å². The maximum atomic E-state index is 14.0. The van der Waals surface area contributed by atoms with Gasteiger partial charge in [-0.3, -0.25) is 19.6 Å². The Kier molecular flexibility index (Phi) is 16.1. The number of nitrogens with one attached hydrogen (secondary N) is 3. The highest BCUT2D eigenvalue weighted by Gasteiger charge is 2.25. The molecule has 4 N–H and O–H groups in total. The van der Waals surface area contributed by atoms with Gasteiger partial charge in [-0.1, -0.05) is 71.3 Å². The van der Waals surface area contributed by atoms with Gasteiger partial charge >= 0.3 is 5.97 Å². The number of carboxylic acid groups (broad SMARTS) is 1. The number of carbonyl (C=O) groups excluding carboxylic acids is 1. The van der Waals surface area contributed by atoms with Crippen LogP contribution < -0.4 is 20.1 Å². The summed E-state index contributed by atoms with van der Waals surface area (Å²) < 4.78 is 11.0. The Balaban J connectivity index is 0.971. The van der Waals surface area contributed by atoms with Crippen LogP contribution in [-0.2, 0) is 6.42 Å². The number of carbonyl (C=O) groups is 2. The Bertz CT molecular complexity index is 2980. The van der Waals surface area contributed by atoms with E-state index in [9.17, 15) is 24.8 Å². The van der Waals surface area contributed by atoms with E-state index in [1.165, 1.54) is 0 Å². The molecule has 358 valence electrons. The van der Waals surface area contributed by atoms with Crippen LogP contribution in [0.25, 0.3) is 27.5 Å². The number of rotatable bonds is 20. The van der Waals surface area contributed by atoms with Crippen molar-refractivity contribution in [2.75, 3.05) is 44.4 Å². The number of anilines is 1. The quantitative estimate of drug-likeness (QED) is 0.0189. The van der Waals surface area contributed by atoms with Crippen LogP contribution in [0.3, 0.4) is 0 Å². The van der Waals surface area contributed by atoms with Crippen LogP contribution in [-0.4, -0.2) is 92.9 Å². The van der Waals surface area contributed by atoms with Crippen LogP contribution in [0.15, 0.2) is 131 Å². The highest BCUT2D eigenvalue weighted by atomic mass is 32.2. The fourth-order valence-corrected chi connectivity index (χ4v) is 11.5. The Hall–Kier alpha value is -6.52. The number of benzene rings is 5. The molecule has 3 heterocycles. The third kappa shape index (κ3) is 11.7. The van der Waals surface area contributed by atoms with Crippen molar-refractivity contribution in [2.45, 2.75) is 74.7 Å². The van der Waals surface area contributed by atoms with Gasteiger partial charge in [0.1, 0.15) is 11.4 Å². The molecule has 69 heavy (non-hydrogen) atoms. The number of hydrogen-bond donors (Lipinski definition) is 4. The van der Waals surface area contributed by atoms with Crippen molar-refractivity contribution >= 4 is 67.3 Å². The monoisotopic (exact) mass is 965 g/mol. The molecule has 1 aliphatic rings. The molecule has 0 saturated carbocycles. The smallest absolute Gasteiger partial charge is 0.356 e. The minimum atomic E-state index is -1.11. The maximum Gasteiger partial charge on any atom is 0.356 e. The van der Waals surface area contributed by atoms with Crippen molar-refractivity contribution < 1.29 is 24.4 Å². The van der Waals surface area contributed by atoms with Crippen LogP contribution >= 0.6 is 22.4 Å². The van der Waals surface area contributed by atoms with Crippen LogP contribution in [0, 0.1) is 24.0 Å². The summed E-state index contributed by atoms with van der Waals surface area (Å²) in [7, 11) is 1.06. The summed E-state index contributed by atoms with van der Waals surface area (Å²) in [5, 5.41) is 38.5. The average Bonchev–Trinajstić information content (AvgIpc) is 3.75. The van der Waals surface area contributed by atoms with Gasteiger partial charge in [-0.25, -0.2) is 9.31 Å². The first-order chi connectivity index (χ1) is 33.5. The fraction of sp³-hybridized carbons (Fsp3) is 0.296. The molecule has 0 spiro atoms. The lowest BCUT2D eigenvalue weighted by molar-refractivity contribution is -0.384. The first-order valence-electron chi connectivity index (χ1n) is 23.4. The molecule has 1 amide bonds. The predicted octanol–water partition coefficient (Wildman–Crippen LogP) is 10.8. The van der Waals surface area contributed by atoms with Crippen molar-refractivity contribution in [3.8, 4) is 17.0 Å². The van der Waals surface area contributed by atoms with Crippen molar-refractivity contribution in [1.82, 2.24) is 24.6 Å². The van der Waals surface area contributed by atoms with E-state index in [4.69, 9.17) is 4.74 Å². The highest BCUT2D eigenvalue weighted by Crippen LogP contribution is 2.36. The summed E-state index contributed by atoms with van der Waals surface area (Å²) in [6.07, 6.45) is 4.05. The molecule has 2 aromatic heterocycles. The second kappa shape index (κ2) is 22.7. The molecule has 1 fully saturated rings. The van der Waals surface area contributed by atoms with Gasteiger partial charge in [0.05, 0.1) is 22.7 Å². The lowest BCUT2D eigenvalue weighted by Gasteiger charge is -2.33. The van der Waals surface area contributed by atoms with Crippen molar-refractivity contribution in [2.24, 2.45) is 0 Å². The number of nitro benzene ring substituents is 1. The second-order valence-electron chi connectivity index (χ2n) is 17.4. The molecule has 5 aromatic carbocycles. The normalized spacial score (nSPS) is 14.2. The molecule has 8 rings (SSSR count). The molecule has 1 saturated heterocycles. The minimum absolute atomic E-state index is 0.0104. The molecular weight excluding hydrogens is 907 g/mol. The van der Waals surface area contributed by atoms with Gasteiger partial charge < -0.3 is 25.4 Å². The maximum absolute atomic E-state index is 14.0. The van der Waals surface area contributed by atoms with Gasteiger partial charge in [-0.15, -0.1) is 11.8 Å². The average molecular weight is 966 g/mol. The lowest BCUT2D eigenvalue weighted by atomic mass is 9.96. The standard InChI is InChI=1S/C54H59N7O6S2/c1-5-69(43-23-24-46(49(34-43)61(65)66)56-41(35-68-42-16-7-6-8-17-42)27-30-59-28-25-40(55-4)26-29-59)58-53(62)39-32-36(2)51(37(3)33-39)48-21-12-20-47-45(52(54(63)64)57-60(47)48)19-13-31-67-50-22-11-15-38-14-9-10-18-44(38)50/h5-12,14-18,20-24,32-34,40-41,55-56H,13,19,25-31,35H2,1-4H3,(H,58,62)(H,63,64)/t41-,69?/m1/s1. The first-order valence-corrected chi connectivity index (χ1v) is 25.7. The summed E-state index contributed by atoms with van der Waals surface area (Å²) in [4.78, 5) is 43.2. The van der Waals surface area contributed by atoms with E-state index < -0.39 is 16.6 Å². The summed E-state index contributed by atoms with van der Waals surface area (Å²) >= 11 is 1.73. The minimum Gasteiger partial charge on any atom is -0.493 e. The summed E-state index contributed by atoms with van der Waals surface area (Å²) in [6.45, 7) is 9.01. The van der Waals surface area contributed by atoms with Crippen LogP contribution in [0.4, 0.5) is 11.4 Å². The first kappa shape index (κ1) is 48.9. The van der Waals surface area contributed by atoms with Gasteiger partial charge in [-0.2, -0.15) is 5.10 Å². The van der Waals surface area contributed by atoms with Crippen molar-refractivity contribution in [1.29, 1.82) is 0 Å². The van der Waals surface area contributed by atoms with Crippen LogP contribution in [0.1, 0.15) is 70.1 Å².